The summed E-state index contributed by atoms with van der Waals surface area (Å²) in [4.78, 5) is 0. The average Bonchev–Trinajstić information content (AvgIpc) is 2.39. The number of hydrogen-bond donors (Lipinski definition) is 2. The molecule has 0 saturated heterocycles. The normalized spacial score (nSPS) is 33.5. The zero-order valence-electron chi connectivity index (χ0n) is 11.1. The van der Waals surface area contributed by atoms with Crippen molar-refractivity contribution < 1.29 is 5.11 Å². The Bertz CT molecular complexity index is 228. The first-order chi connectivity index (χ1) is 8.26. The number of aliphatic hydroxyl groups is 1. The zero-order chi connectivity index (χ0) is 12.1. The molecule has 2 rings (SSSR count). The summed E-state index contributed by atoms with van der Waals surface area (Å²) in [6.45, 7) is 1.09. The first-order valence-electron chi connectivity index (χ1n) is 7.22. The van der Waals surface area contributed by atoms with Gasteiger partial charge >= 0.3 is 0 Å². The van der Waals surface area contributed by atoms with Crippen molar-refractivity contribution >= 4 is 11.8 Å². The number of aliphatic hydroxyl groups excluding tert-OH is 1. The van der Waals surface area contributed by atoms with E-state index in [1.807, 2.05) is 11.8 Å². The van der Waals surface area contributed by atoms with E-state index in [1.165, 1.54) is 44.9 Å². The van der Waals surface area contributed by atoms with Gasteiger partial charge in [0.25, 0.3) is 0 Å². The highest BCUT2D eigenvalue weighted by Crippen LogP contribution is 2.38. The molecule has 3 heteroatoms. The Morgan fingerprint density at radius 3 is 2.47 bits per heavy atom. The third-order valence-corrected chi connectivity index (χ3v) is 6.03. The maximum absolute atomic E-state index is 9.99. The summed E-state index contributed by atoms with van der Waals surface area (Å²) in [7, 11) is 0. The number of thioether (sulfide) groups is 1. The van der Waals surface area contributed by atoms with Crippen LogP contribution in [-0.2, 0) is 0 Å². The summed E-state index contributed by atoms with van der Waals surface area (Å²) in [6, 6.07) is 0.356. The predicted molar refractivity (Wildman–Crippen MR) is 75.6 cm³/mol. The van der Waals surface area contributed by atoms with Gasteiger partial charge < -0.3 is 10.4 Å². The standard InChI is InChI=1S/C14H27NOS/c1-17-14(9-5-2-6-10-14)11-15-12-7-3-4-8-13(12)16/h12-13,15-16H,2-11H2,1H3/t12-,13-/m1/s1. The van der Waals surface area contributed by atoms with Crippen molar-refractivity contribution in [3.05, 3.63) is 0 Å². The lowest BCUT2D eigenvalue weighted by molar-refractivity contribution is 0.0888. The van der Waals surface area contributed by atoms with Gasteiger partial charge in [-0.25, -0.2) is 0 Å². The molecule has 0 aromatic carbocycles. The molecule has 0 aliphatic heterocycles. The first-order valence-corrected chi connectivity index (χ1v) is 8.45. The van der Waals surface area contributed by atoms with Crippen molar-refractivity contribution in [3.8, 4) is 0 Å². The third-order valence-electron chi connectivity index (χ3n) is 4.61. The van der Waals surface area contributed by atoms with Crippen molar-refractivity contribution in [2.75, 3.05) is 12.8 Å². The molecule has 0 amide bonds. The van der Waals surface area contributed by atoms with Crippen LogP contribution in [0.15, 0.2) is 0 Å². The van der Waals surface area contributed by atoms with E-state index in [9.17, 15) is 5.11 Å². The van der Waals surface area contributed by atoms with Crippen molar-refractivity contribution in [3.63, 3.8) is 0 Å². The molecule has 0 bridgehead atoms. The summed E-state index contributed by atoms with van der Waals surface area (Å²) in [5.74, 6) is 0. The molecule has 2 nitrogen and oxygen atoms in total. The van der Waals surface area contributed by atoms with Crippen molar-refractivity contribution in [1.82, 2.24) is 5.32 Å². The van der Waals surface area contributed by atoms with Gasteiger partial charge in [-0.15, -0.1) is 0 Å². The summed E-state index contributed by atoms with van der Waals surface area (Å²) < 4.78 is 0.454. The van der Waals surface area contributed by atoms with Crippen molar-refractivity contribution in [2.24, 2.45) is 0 Å². The van der Waals surface area contributed by atoms with Crippen LogP contribution in [0.25, 0.3) is 0 Å². The van der Waals surface area contributed by atoms with E-state index in [0.717, 1.165) is 19.4 Å². The average molecular weight is 257 g/mol. The Balaban J connectivity index is 1.82. The topological polar surface area (TPSA) is 32.3 Å². The number of rotatable bonds is 4. The fourth-order valence-electron chi connectivity index (χ4n) is 3.32. The second-order valence-electron chi connectivity index (χ2n) is 5.79. The lowest BCUT2D eigenvalue weighted by atomic mass is 9.87. The van der Waals surface area contributed by atoms with Crippen LogP contribution in [0.5, 0.6) is 0 Å². The van der Waals surface area contributed by atoms with Gasteiger partial charge in [0.2, 0.25) is 0 Å². The predicted octanol–water partition coefficient (Wildman–Crippen LogP) is 2.95. The number of nitrogens with one attached hydrogen (secondary N) is 1. The Hall–Kier alpha value is 0.270. The highest BCUT2D eigenvalue weighted by Gasteiger charge is 2.32. The van der Waals surface area contributed by atoms with Gasteiger partial charge in [-0.3, -0.25) is 0 Å². The molecule has 2 aliphatic carbocycles. The maximum Gasteiger partial charge on any atom is 0.0693 e. The van der Waals surface area contributed by atoms with E-state index in [4.69, 9.17) is 0 Å². The Morgan fingerprint density at radius 1 is 1.12 bits per heavy atom. The van der Waals surface area contributed by atoms with Crippen LogP contribution in [0.2, 0.25) is 0 Å². The molecule has 2 saturated carbocycles. The minimum absolute atomic E-state index is 0.105. The second-order valence-corrected chi connectivity index (χ2v) is 7.06. The summed E-state index contributed by atoms with van der Waals surface area (Å²) in [5, 5.41) is 13.6. The Labute approximate surface area is 110 Å². The highest BCUT2D eigenvalue weighted by molar-refractivity contribution is 8.00. The molecule has 0 aromatic rings. The molecule has 2 aliphatic rings. The van der Waals surface area contributed by atoms with Gasteiger partial charge in [-0.2, -0.15) is 11.8 Å². The van der Waals surface area contributed by atoms with Crippen LogP contribution in [0, 0.1) is 0 Å². The highest BCUT2D eigenvalue weighted by atomic mass is 32.2. The molecule has 2 N–H and O–H groups in total. The molecule has 0 aromatic heterocycles. The Morgan fingerprint density at radius 2 is 1.82 bits per heavy atom. The van der Waals surface area contributed by atoms with Gasteiger partial charge in [0.15, 0.2) is 0 Å². The smallest absolute Gasteiger partial charge is 0.0693 e. The van der Waals surface area contributed by atoms with Gasteiger partial charge in [0.05, 0.1) is 6.10 Å². The SMILES string of the molecule is CSC1(CN[C@@H]2CCCC[C@H]2O)CCCCC1. The molecule has 17 heavy (non-hydrogen) atoms. The minimum atomic E-state index is -0.105. The molecule has 100 valence electrons. The van der Waals surface area contributed by atoms with E-state index in [-0.39, 0.29) is 6.10 Å². The molecule has 0 heterocycles. The lowest BCUT2D eigenvalue weighted by Gasteiger charge is -2.38. The van der Waals surface area contributed by atoms with E-state index in [2.05, 4.69) is 11.6 Å². The van der Waals surface area contributed by atoms with E-state index < -0.39 is 0 Å². The third kappa shape index (κ3) is 3.62. The van der Waals surface area contributed by atoms with Crippen molar-refractivity contribution in [2.45, 2.75) is 74.7 Å². The summed E-state index contributed by atoms with van der Waals surface area (Å²) in [5.41, 5.74) is 0. The van der Waals surface area contributed by atoms with Gasteiger partial charge in [0, 0.05) is 17.3 Å². The van der Waals surface area contributed by atoms with Crippen LogP contribution in [0.4, 0.5) is 0 Å². The first kappa shape index (κ1) is 13.7. The number of hydrogen-bond acceptors (Lipinski definition) is 3. The van der Waals surface area contributed by atoms with Crippen LogP contribution < -0.4 is 5.32 Å². The molecule has 2 atom stereocenters. The minimum Gasteiger partial charge on any atom is -0.392 e. The quantitative estimate of drug-likeness (QED) is 0.812. The fraction of sp³-hybridized carbons (Fsp3) is 1.00. The monoisotopic (exact) mass is 257 g/mol. The zero-order valence-corrected chi connectivity index (χ0v) is 11.9. The molecular formula is C14H27NOS. The van der Waals surface area contributed by atoms with Crippen LogP contribution in [-0.4, -0.2) is 34.8 Å². The van der Waals surface area contributed by atoms with Gasteiger partial charge in [-0.1, -0.05) is 32.1 Å². The van der Waals surface area contributed by atoms with Gasteiger partial charge in [0.1, 0.15) is 0 Å². The summed E-state index contributed by atoms with van der Waals surface area (Å²) >= 11 is 2.04. The van der Waals surface area contributed by atoms with Gasteiger partial charge in [-0.05, 0) is 31.9 Å². The maximum atomic E-state index is 9.99. The fourth-order valence-corrected chi connectivity index (χ4v) is 4.24. The van der Waals surface area contributed by atoms with E-state index in [1.54, 1.807) is 0 Å². The van der Waals surface area contributed by atoms with E-state index >= 15 is 0 Å². The van der Waals surface area contributed by atoms with Crippen LogP contribution >= 0.6 is 11.8 Å². The molecule has 2 fully saturated rings. The van der Waals surface area contributed by atoms with Crippen LogP contribution in [0.1, 0.15) is 57.8 Å². The lowest BCUT2D eigenvalue weighted by Crippen LogP contribution is -2.48. The van der Waals surface area contributed by atoms with Crippen molar-refractivity contribution in [1.29, 1.82) is 0 Å². The second kappa shape index (κ2) is 6.44. The Kier molecular flexibility index (Phi) is 5.19. The molecule has 0 unspecified atom stereocenters. The molecule has 0 radical (unpaired) electrons. The summed E-state index contributed by atoms with van der Waals surface area (Å²) in [6.07, 6.45) is 13.7. The molecular weight excluding hydrogens is 230 g/mol. The largest absolute Gasteiger partial charge is 0.392 e. The molecule has 0 spiro atoms. The van der Waals surface area contributed by atoms with Crippen LogP contribution in [0.3, 0.4) is 0 Å². The van der Waals surface area contributed by atoms with E-state index in [0.29, 0.717) is 10.8 Å².